The molecule has 1 aromatic heterocycles. The average Bonchev–Trinajstić information content (AvgIpc) is 3.05. The van der Waals surface area contributed by atoms with Crippen LogP contribution in [0.2, 0.25) is 0 Å². The van der Waals surface area contributed by atoms with Gasteiger partial charge in [-0.05, 0) is 6.42 Å². The first kappa shape index (κ1) is 14.2. The highest BCUT2D eigenvalue weighted by Crippen LogP contribution is 2.18. The summed E-state index contributed by atoms with van der Waals surface area (Å²) < 4.78 is 9.27. The zero-order valence-electron chi connectivity index (χ0n) is 11.4. The van der Waals surface area contributed by atoms with Crippen LogP contribution in [-0.4, -0.2) is 53.0 Å². The van der Waals surface area contributed by atoms with Crippen LogP contribution in [0, 0.1) is 0 Å². The van der Waals surface area contributed by atoms with Gasteiger partial charge in [0, 0.05) is 50.6 Å². The molecule has 1 atom stereocenters. The van der Waals surface area contributed by atoms with Gasteiger partial charge in [0.2, 0.25) is 11.0 Å². The Kier molecular flexibility index (Phi) is 5.09. The zero-order valence-corrected chi connectivity index (χ0v) is 12.2. The van der Waals surface area contributed by atoms with Crippen molar-refractivity contribution in [3.05, 3.63) is 5.82 Å². The van der Waals surface area contributed by atoms with E-state index in [0.717, 1.165) is 36.9 Å². The Hall–Kier alpha value is -1.21. The maximum Gasteiger partial charge on any atom is 0.222 e. The van der Waals surface area contributed by atoms with Gasteiger partial charge in [-0.1, -0.05) is 6.92 Å². The van der Waals surface area contributed by atoms with Crippen LogP contribution in [0.5, 0.6) is 0 Å². The SMILES string of the molecule is CCC(=O)N1CCC(Nc2nc(CCOC)ns2)C1. The molecule has 2 heterocycles. The molecule has 1 aliphatic rings. The van der Waals surface area contributed by atoms with Crippen LogP contribution in [0.1, 0.15) is 25.6 Å². The number of carbonyl (C=O) groups excluding carboxylic acids is 1. The summed E-state index contributed by atoms with van der Waals surface area (Å²) in [6.45, 7) is 4.13. The number of ether oxygens (including phenoxy) is 1. The molecule has 2 rings (SSSR count). The number of rotatable bonds is 6. The Morgan fingerprint density at radius 2 is 2.47 bits per heavy atom. The Balaban J connectivity index is 1.82. The quantitative estimate of drug-likeness (QED) is 0.849. The van der Waals surface area contributed by atoms with Crippen LogP contribution < -0.4 is 5.32 Å². The van der Waals surface area contributed by atoms with Gasteiger partial charge in [0.15, 0.2) is 0 Å². The van der Waals surface area contributed by atoms with Crippen LogP contribution >= 0.6 is 11.5 Å². The van der Waals surface area contributed by atoms with E-state index >= 15 is 0 Å². The fraction of sp³-hybridized carbons (Fsp3) is 0.750. The number of hydrogen-bond donors (Lipinski definition) is 1. The number of nitrogens with one attached hydrogen (secondary N) is 1. The molecule has 0 aromatic carbocycles. The van der Waals surface area contributed by atoms with Crippen molar-refractivity contribution in [2.24, 2.45) is 0 Å². The normalized spacial score (nSPS) is 18.8. The Labute approximate surface area is 117 Å². The molecule has 0 bridgehead atoms. The fourth-order valence-corrected chi connectivity index (χ4v) is 2.80. The van der Waals surface area contributed by atoms with Crippen molar-refractivity contribution in [2.45, 2.75) is 32.2 Å². The Morgan fingerprint density at radius 1 is 1.63 bits per heavy atom. The highest BCUT2D eigenvalue weighted by atomic mass is 32.1. The van der Waals surface area contributed by atoms with Gasteiger partial charge in [0.25, 0.3) is 0 Å². The number of methoxy groups -OCH3 is 1. The molecule has 1 amide bonds. The lowest BCUT2D eigenvalue weighted by molar-refractivity contribution is -0.129. The van der Waals surface area contributed by atoms with E-state index in [1.54, 1.807) is 7.11 Å². The number of likely N-dealkylation sites (tertiary alicyclic amines) is 1. The number of carbonyl (C=O) groups is 1. The molecule has 1 aromatic rings. The molecule has 1 saturated heterocycles. The molecule has 1 fully saturated rings. The first-order chi connectivity index (χ1) is 9.22. The predicted octanol–water partition coefficient (Wildman–Crippen LogP) is 1.15. The van der Waals surface area contributed by atoms with E-state index in [1.165, 1.54) is 11.5 Å². The van der Waals surface area contributed by atoms with Gasteiger partial charge in [0.1, 0.15) is 5.82 Å². The lowest BCUT2D eigenvalue weighted by Crippen LogP contribution is -2.30. The van der Waals surface area contributed by atoms with Crippen molar-refractivity contribution in [1.82, 2.24) is 14.3 Å². The summed E-state index contributed by atoms with van der Waals surface area (Å²) in [6, 6.07) is 0.290. The van der Waals surface area contributed by atoms with Gasteiger partial charge in [-0.15, -0.1) is 0 Å². The van der Waals surface area contributed by atoms with Gasteiger partial charge in [0.05, 0.1) is 6.61 Å². The molecule has 0 radical (unpaired) electrons. The third-order valence-electron chi connectivity index (χ3n) is 3.17. The van der Waals surface area contributed by atoms with E-state index < -0.39 is 0 Å². The van der Waals surface area contributed by atoms with Crippen LogP contribution in [0.3, 0.4) is 0 Å². The molecule has 1 unspecified atom stereocenters. The van der Waals surface area contributed by atoms with E-state index in [-0.39, 0.29) is 5.91 Å². The van der Waals surface area contributed by atoms with Gasteiger partial charge < -0.3 is 15.0 Å². The highest BCUT2D eigenvalue weighted by Gasteiger charge is 2.25. The summed E-state index contributed by atoms with van der Waals surface area (Å²) in [5.41, 5.74) is 0. The smallest absolute Gasteiger partial charge is 0.222 e. The molecule has 0 saturated carbocycles. The van der Waals surface area contributed by atoms with Crippen LogP contribution in [0.4, 0.5) is 5.13 Å². The van der Waals surface area contributed by atoms with Gasteiger partial charge in [-0.25, -0.2) is 4.98 Å². The number of amides is 1. The molecule has 7 heteroatoms. The van der Waals surface area contributed by atoms with Gasteiger partial charge in [-0.2, -0.15) is 4.37 Å². The van der Waals surface area contributed by atoms with E-state index in [1.807, 2.05) is 11.8 Å². The van der Waals surface area contributed by atoms with Crippen molar-refractivity contribution in [1.29, 1.82) is 0 Å². The predicted molar refractivity (Wildman–Crippen MR) is 74.4 cm³/mol. The minimum Gasteiger partial charge on any atom is -0.384 e. The monoisotopic (exact) mass is 284 g/mol. The van der Waals surface area contributed by atoms with E-state index in [0.29, 0.717) is 19.1 Å². The van der Waals surface area contributed by atoms with E-state index in [9.17, 15) is 4.79 Å². The number of aromatic nitrogens is 2. The summed E-state index contributed by atoms with van der Waals surface area (Å²) in [5, 5.41) is 4.19. The lowest BCUT2D eigenvalue weighted by atomic mass is 10.3. The minimum absolute atomic E-state index is 0.224. The summed E-state index contributed by atoms with van der Waals surface area (Å²) >= 11 is 1.37. The summed E-state index contributed by atoms with van der Waals surface area (Å²) in [7, 11) is 1.67. The second-order valence-electron chi connectivity index (χ2n) is 4.58. The van der Waals surface area contributed by atoms with E-state index in [4.69, 9.17) is 4.74 Å². The average molecular weight is 284 g/mol. The second kappa shape index (κ2) is 6.81. The molecule has 19 heavy (non-hydrogen) atoms. The highest BCUT2D eigenvalue weighted by molar-refractivity contribution is 7.09. The maximum absolute atomic E-state index is 11.6. The molecular formula is C12H20N4O2S. The third-order valence-corrected chi connectivity index (χ3v) is 3.85. The molecule has 1 N–H and O–H groups in total. The topological polar surface area (TPSA) is 67.4 Å². The molecular weight excluding hydrogens is 264 g/mol. The van der Waals surface area contributed by atoms with Crippen LogP contribution in [0.25, 0.3) is 0 Å². The minimum atomic E-state index is 0.224. The van der Waals surface area contributed by atoms with E-state index in [2.05, 4.69) is 14.7 Å². The van der Waals surface area contributed by atoms with Gasteiger partial charge in [-0.3, -0.25) is 4.79 Å². The summed E-state index contributed by atoms with van der Waals surface area (Å²) in [5.74, 6) is 1.04. The largest absolute Gasteiger partial charge is 0.384 e. The lowest BCUT2D eigenvalue weighted by Gasteiger charge is -2.15. The van der Waals surface area contributed by atoms with Crippen molar-refractivity contribution < 1.29 is 9.53 Å². The van der Waals surface area contributed by atoms with Crippen molar-refractivity contribution in [2.75, 3.05) is 32.1 Å². The molecule has 1 aliphatic heterocycles. The third kappa shape index (κ3) is 3.87. The molecule has 6 nitrogen and oxygen atoms in total. The first-order valence-corrected chi connectivity index (χ1v) is 7.36. The molecule has 0 spiro atoms. The molecule has 106 valence electrons. The van der Waals surface area contributed by atoms with Gasteiger partial charge >= 0.3 is 0 Å². The van der Waals surface area contributed by atoms with Crippen LogP contribution in [0.15, 0.2) is 0 Å². The van der Waals surface area contributed by atoms with Crippen LogP contribution in [-0.2, 0) is 16.0 Å². The Bertz CT molecular complexity index is 424. The zero-order chi connectivity index (χ0) is 13.7. The fourth-order valence-electron chi connectivity index (χ4n) is 2.11. The Morgan fingerprint density at radius 3 is 3.21 bits per heavy atom. The standard InChI is InChI=1S/C12H20N4O2S/c1-3-11(17)16-6-4-9(8-16)13-12-14-10(15-19-12)5-7-18-2/h9H,3-8H2,1-2H3,(H,13,14,15). The van der Waals surface area contributed by atoms with Crippen molar-refractivity contribution in [3.8, 4) is 0 Å². The maximum atomic E-state index is 11.6. The summed E-state index contributed by atoms with van der Waals surface area (Å²) in [4.78, 5) is 17.9. The number of nitrogens with zero attached hydrogens (tertiary/aromatic N) is 3. The molecule has 0 aliphatic carbocycles. The summed E-state index contributed by atoms with van der Waals surface area (Å²) in [6.07, 6.45) is 2.28. The van der Waals surface area contributed by atoms with Crippen molar-refractivity contribution >= 4 is 22.6 Å². The number of anilines is 1. The van der Waals surface area contributed by atoms with Crippen molar-refractivity contribution in [3.63, 3.8) is 0 Å². The number of hydrogen-bond acceptors (Lipinski definition) is 6. The second-order valence-corrected chi connectivity index (χ2v) is 5.33. The first-order valence-electron chi connectivity index (χ1n) is 6.58.